The molecule has 0 saturated carbocycles. The Labute approximate surface area is 135 Å². The van der Waals surface area contributed by atoms with E-state index in [0.29, 0.717) is 16.7 Å². The SMILES string of the molecule is CC(=O)c1ccc(C=Cc2ccccc2)c(C(C)=O)c1C(C)=O. The van der Waals surface area contributed by atoms with Crippen LogP contribution in [-0.4, -0.2) is 17.3 Å². The van der Waals surface area contributed by atoms with Crippen LogP contribution in [0.3, 0.4) is 0 Å². The second-order valence-corrected chi connectivity index (χ2v) is 5.36. The first-order valence-corrected chi connectivity index (χ1v) is 7.34. The van der Waals surface area contributed by atoms with Gasteiger partial charge in [0.15, 0.2) is 17.3 Å². The quantitative estimate of drug-likeness (QED) is 0.605. The first-order chi connectivity index (χ1) is 10.9. The number of carbonyl (C=O) groups excluding carboxylic acids is 3. The van der Waals surface area contributed by atoms with E-state index in [4.69, 9.17) is 0 Å². The van der Waals surface area contributed by atoms with Gasteiger partial charge >= 0.3 is 0 Å². The average molecular weight is 306 g/mol. The molecule has 0 atom stereocenters. The van der Waals surface area contributed by atoms with Crippen LogP contribution in [0, 0.1) is 0 Å². The summed E-state index contributed by atoms with van der Waals surface area (Å²) in [4.78, 5) is 35.8. The van der Waals surface area contributed by atoms with Crippen molar-refractivity contribution in [2.45, 2.75) is 20.8 Å². The third kappa shape index (κ3) is 3.69. The van der Waals surface area contributed by atoms with Crippen molar-refractivity contribution in [3.05, 3.63) is 70.3 Å². The lowest BCUT2D eigenvalue weighted by molar-refractivity contribution is 0.0968. The number of Topliss-reactive ketones (excluding diaryl/α,β-unsaturated/α-hetero) is 3. The summed E-state index contributed by atoms with van der Waals surface area (Å²) in [5.41, 5.74) is 2.43. The summed E-state index contributed by atoms with van der Waals surface area (Å²) in [5.74, 6) is -0.738. The van der Waals surface area contributed by atoms with Gasteiger partial charge in [0.05, 0.1) is 0 Å². The Morgan fingerprint density at radius 2 is 1.30 bits per heavy atom. The molecule has 0 amide bonds. The maximum atomic E-state index is 12.1. The molecule has 0 heterocycles. The van der Waals surface area contributed by atoms with Crippen LogP contribution in [0.1, 0.15) is 63.0 Å². The molecule has 2 rings (SSSR count). The number of hydrogen-bond donors (Lipinski definition) is 0. The second-order valence-electron chi connectivity index (χ2n) is 5.36. The molecule has 0 bridgehead atoms. The van der Waals surface area contributed by atoms with Gasteiger partial charge in [-0.2, -0.15) is 0 Å². The molecule has 0 aliphatic heterocycles. The van der Waals surface area contributed by atoms with E-state index in [1.165, 1.54) is 20.8 Å². The van der Waals surface area contributed by atoms with Crippen LogP contribution in [0.5, 0.6) is 0 Å². The van der Waals surface area contributed by atoms with E-state index in [-0.39, 0.29) is 22.9 Å². The summed E-state index contributed by atoms with van der Waals surface area (Å²) in [5, 5.41) is 0. The minimum Gasteiger partial charge on any atom is -0.294 e. The van der Waals surface area contributed by atoms with Gasteiger partial charge in [-0.25, -0.2) is 0 Å². The van der Waals surface area contributed by atoms with Crippen LogP contribution in [0.2, 0.25) is 0 Å². The lowest BCUT2D eigenvalue weighted by Gasteiger charge is -2.12. The zero-order chi connectivity index (χ0) is 17.0. The van der Waals surface area contributed by atoms with E-state index in [1.807, 2.05) is 36.4 Å². The molecule has 0 aliphatic rings. The van der Waals surface area contributed by atoms with E-state index in [0.717, 1.165) is 5.56 Å². The molecular formula is C20H18O3. The van der Waals surface area contributed by atoms with E-state index in [9.17, 15) is 14.4 Å². The van der Waals surface area contributed by atoms with Gasteiger partial charge in [0.2, 0.25) is 0 Å². The Morgan fingerprint density at radius 3 is 1.83 bits per heavy atom. The molecule has 0 unspecified atom stereocenters. The van der Waals surface area contributed by atoms with E-state index in [1.54, 1.807) is 18.2 Å². The molecular weight excluding hydrogens is 288 g/mol. The summed E-state index contributed by atoms with van der Waals surface area (Å²) < 4.78 is 0. The van der Waals surface area contributed by atoms with Crippen LogP contribution in [0.25, 0.3) is 12.2 Å². The Morgan fingerprint density at radius 1 is 0.696 bits per heavy atom. The Bertz CT molecular complexity index is 799. The number of rotatable bonds is 5. The fourth-order valence-corrected chi connectivity index (χ4v) is 2.55. The molecule has 3 nitrogen and oxygen atoms in total. The van der Waals surface area contributed by atoms with Crippen molar-refractivity contribution in [1.29, 1.82) is 0 Å². The van der Waals surface area contributed by atoms with E-state index >= 15 is 0 Å². The third-order valence-corrected chi connectivity index (χ3v) is 3.58. The molecule has 3 heteroatoms. The fraction of sp³-hybridized carbons (Fsp3) is 0.150. The predicted octanol–water partition coefficient (Wildman–Crippen LogP) is 4.46. The van der Waals surface area contributed by atoms with Crippen molar-refractivity contribution < 1.29 is 14.4 Å². The van der Waals surface area contributed by atoms with Crippen molar-refractivity contribution in [2.75, 3.05) is 0 Å². The van der Waals surface area contributed by atoms with Crippen LogP contribution in [0.15, 0.2) is 42.5 Å². The summed E-state index contributed by atoms with van der Waals surface area (Å²) in [6.45, 7) is 4.18. The number of benzene rings is 2. The number of carbonyl (C=O) groups is 3. The molecule has 0 radical (unpaired) electrons. The minimum absolute atomic E-state index is 0.209. The Kier molecular flexibility index (Phi) is 5.02. The van der Waals surface area contributed by atoms with Gasteiger partial charge in [-0.15, -0.1) is 0 Å². The van der Waals surface area contributed by atoms with Crippen LogP contribution < -0.4 is 0 Å². The smallest absolute Gasteiger partial charge is 0.161 e. The first-order valence-electron chi connectivity index (χ1n) is 7.34. The lowest BCUT2D eigenvalue weighted by atomic mass is 9.89. The topological polar surface area (TPSA) is 51.2 Å². The molecule has 0 spiro atoms. The van der Waals surface area contributed by atoms with E-state index in [2.05, 4.69) is 0 Å². The minimum atomic E-state index is -0.282. The highest BCUT2D eigenvalue weighted by atomic mass is 16.1. The Hall–Kier alpha value is -2.81. The maximum Gasteiger partial charge on any atom is 0.161 e. The highest BCUT2D eigenvalue weighted by Crippen LogP contribution is 2.23. The normalized spacial score (nSPS) is 10.7. The zero-order valence-electron chi connectivity index (χ0n) is 13.4. The van der Waals surface area contributed by atoms with Gasteiger partial charge in [-0.3, -0.25) is 14.4 Å². The maximum absolute atomic E-state index is 12.1. The van der Waals surface area contributed by atoms with Crippen molar-refractivity contribution in [3.63, 3.8) is 0 Å². The van der Waals surface area contributed by atoms with Gasteiger partial charge in [0.1, 0.15) is 0 Å². The second kappa shape index (κ2) is 6.97. The van der Waals surface area contributed by atoms with Crippen molar-refractivity contribution in [3.8, 4) is 0 Å². The molecule has 0 aromatic heterocycles. The van der Waals surface area contributed by atoms with Gasteiger partial charge in [0, 0.05) is 16.7 Å². The molecule has 116 valence electrons. The van der Waals surface area contributed by atoms with Crippen molar-refractivity contribution in [2.24, 2.45) is 0 Å². The monoisotopic (exact) mass is 306 g/mol. The molecule has 2 aromatic carbocycles. The summed E-state index contributed by atoms with van der Waals surface area (Å²) >= 11 is 0. The van der Waals surface area contributed by atoms with E-state index < -0.39 is 0 Å². The van der Waals surface area contributed by atoms with Crippen molar-refractivity contribution >= 4 is 29.5 Å². The van der Waals surface area contributed by atoms with Crippen LogP contribution >= 0.6 is 0 Å². The molecule has 23 heavy (non-hydrogen) atoms. The first kappa shape index (κ1) is 16.6. The third-order valence-electron chi connectivity index (χ3n) is 3.58. The molecule has 2 aromatic rings. The predicted molar refractivity (Wildman–Crippen MR) is 91.8 cm³/mol. The van der Waals surface area contributed by atoms with Crippen molar-refractivity contribution in [1.82, 2.24) is 0 Å². The largest absolute Gasteiger partial charge is 0.294 e. The van der Waals surface area contributed by atoms with Gasteiger partial charge in [-0.1, -0.05) is 54.6 Å². The van der Waals surface area contributed by atoms with Gasteiger partial charge in [-0.05, 0) is 31.9 Å². The number of ketones is 3. The average Bonchev–Trinajstić information content (AvgIpc) is 2.52. The molecule has 0 fully saturated rings. The Balaban J connectivity index is 2.63. The zero-order valence-corrected chi connectivity index (χ0v) is 13.4. The molecule has 0 aliphatic carbocycles. The summed E-state index contributed by atoms with van der Waals surface area (Å²) in [6.07, 6.45) is 3.67. The highest BCUT2D eigenvalue weighted by molar-refractivity contribution is 6.15. The standard InChI is InChI=1S/C20H18O3/c1-13(21)18-12-11-17(10-9-16-7-5-4-6-8-16)19(14(2)22)20(18)15(3)23/h4-12H,1-3H3. The highest BCUT2D eigenvalue weighted by Gasteiger charge is 2.21. The molecule has 0 saturated heterocycles. The number of hydrogen-bond acceptors (Lipinski definition) is 3. The molecule has 0 N–H and O–H groups in total. The van der Waals surface area contributed by atoms with Gasteiger partial charge in [0.25, 0.3) is 0 Å². The fourth-order valence-electron chi connectivity index (χ4n) is 2.55. The lowest BCUT2D eigenvalue weighted by Crippen LogP contribution is -2.12. The summed E-state index contributed by atoms with van der Waals surface area (Å²) in [7, 11) is 0. The summed E-state index contributed by atoms with van der Waals surface area (Å²) in [6, 6.07) is 13.0. The van der Waals surface area contributed by atoms with Crippen LogP contribution in [-0.2, 0) is 0 Å². The van der Waals surface area contributed by atoms with Crippen LogP contribution in [0.4, 0.5) is 0 Å². The van der Waals surface area contributed by atoms with Gasteiger partial charge < -0.3 is 0 Å².